The van der Waals surface area contributed by atoms with Crippen molar-refractivity contribution in [2.75, 3.05) is 30.3 Å². The van der Waals surface area contributed by atoms with E-state index in [0.29, 0.717) is 17.3 Å². The van der Waals surface area contributed by atoms with Crippen molar-refractivity contribution >= 4 is 34.8 Å². The Morgan fingerprint density at radius 3 is 2.46 bits per heavy atom. The lowest BCUT2D eigenvalue weighted by atomic mass is 10.1. The monoisotopic (exact) mass is 399 g/mol. The molecule has 1 aliphatic rings. The summed E-state index contributed by atoms with van der Waals surface area (Å²) in [5, 5.41) is 6.39. The van der Waals surface area contributed by atoms with E-state index in [0.717, 1.165) is 24.1 Å². The quantitative estimate of drug-likeness (QED) is 0.738. The summed E-state index contributed by atoms with van der Waals surface area (Å²) >= 11 is 6.00. The average Bonchev–Trinajstić information content (AvgIpc) is 3.12. The van der Waals surface area contributed by atoms with Gasteiger partial charge in [0.15, 0.2) is 0 Å². The third-order valence-corrected chi connectivity index (χ3v) is 5.27. The van der Waals surface area contributed by atoms with Crippen LogP contribution in [0.2, 0.25) is 5.02 Å². The molecule has 2 amide bonds. The zero-order valence-electron chi connectivity index (χ0n) is 16.3. The van der Waals surface area contributed by atoms with E-state index >= 15 is 0 Å². The molecule has 3 rings (SSSR count). The van der Waals surface area contributed by atoms with Crippen molar-refractivity contribution in [3.63, 3.8) is 0 Å². The van der Waals surface area contributed by atoms with Crippen LogP contribution in [-0.2, 0) is 22.4 Å². The number of aryl methyl sites for hydroxylation is 3. The minimum atomic E-state index is -0.169. The van der Waals surface area contributed by atoms with Gasteiger partial charge in [-0.1, -0.05) is 30.7 Å². The molecule has 0 fully saturated rings. The number of amides is 2. The van der Waals surface area contributed by atoms with Gasteiger partial charge in [0.1, 0.15) is 0 Å². The summed E-state index contributed by atoms with van der Waals surface area (Å²) in [7, 11) is 0. The second-order valence-electron chi connectivity index (χ2n) is 7.20. The van der Waals surface area contributed by atoms with Crippen LogP contribution in [0.1, 0.15) is 30.0 Å². The van der Waals surface area contributed by atoms with Crippen LogP contribution >= 0.6 is 11.6 Å². The second-order valence-corrected chi connectivity index (χ2v) is 7.63. The van der Waals surface area contributed by atoms with Gasteiger partial charge in [-0.3, -0.25) is 14.5 Å². The SMILES string of the molecule is CCN(CC(=O)Nc1ccc2c(c1)CCC2)CC(=O)Nc1cc(Cl)ccc1C. The molecular weight excluding hydrogens is 374 g/mol. The molecule has 148 valence electrons. The molecule has 0 aliphatic heterocycles. The highest BCUT2D eigenvalue weighted by atomic mass is 35.5. The first-order valence-electron chi connectivity index (χ1n) is 9.64. The van der Waals surface area contributed by atoms with Gasteiger partial charge in [-0.2, -0.15) is 0 Å². The number of carbonyl (C=O) groups excluding carboxylic acids is 2. The van der Waals surface area contributed by atoms with Crippen molar-refractivity contribution < 1.29 is 9.59 Å². The number of likely N-dealkylation sites (N-methyl/N-ethyl adjacent to an activating group) is 1. The van der Waals surface area contributed by atoms with E-state index in [9.17, 15) is 9.59 Å². The predicted octanol–water partition coefficient (Wildman–Crippen LogP) is 4.04. The van der Waals surface area contributed by atoms with Gasteiger partial charge < -0.3 is 10.6 Å². The molecule has 0 heterocycles. The van der Waals surface area contributed by atoms with E-state index in [-0.39, 0.29) is 24.9 Å². The Kier molecular flexibility index (Phi) is 6.70. The van der Waals surface area contributed by atoms with E-state index in [1.54, 1.807) is 17.0 Å². The highest BCUT2D eigenvalue weighted by molar-refractivity contribution is 6.31. The van der Waals surface area contributed by atoms with Crippen LogP contribution in [0, 0.1) is 6.92 Å². The maximum atomic E-state index is 12.4. The average molecular weight is 400 g/mol. The fraction of sp³-hybridized carbons (Fsp3) is 0.364. The molecule has 6 heteroatoms. The minimum absolute atomic E-state index is 0.119. The van der Waals surface area contributed by atoms with Crippen molar-refractivity contribution in [3.8, 4) is 0 Å². The summed E-state index contributed by atoms with van der Waals surface area (Å²) in [5.41, 5.74) is 5.15. The lowest BCUT2D eigenvalue weighted by Crippen LogP contribution is -2.38. The Balaban J connectivity index is 1.53. The Hall–Kier alpha value is -2.37. The van der Waals surface area contributed by atoms with Gasteiger partial charge in [-0.15, -0.1) is 0 Å². The number of fused-ring (bicyclic) bond motifs is 1. The van der Waals surface area contributed by atoms with Crippen LogP contribution in [-0.4, -0.2) is 36.3 Å². The highest BCUT2D eigenvalue weighted by Gasteiger charge is 2.16. The molecule has 28 heavy (non-hydrogen) atoms. The molecule has 0 unspecified atom stereocenters. The summed E-state index contributed by atoms with van der Waals surface area (Å²) in [5.74, 6) is -0.288. The van der Waals surface area contributed by atoms with Gasteiger partial charge in [0, 0.05) is 16.4 Å². The minimum Gasteiger partial charge on any atom is -0.325 e. The topological polar surface area (TPSA) is 61.4 Å². The maximum absolute atomic E-state index is 12.4. The van der Waals surface area contributed by atoms with Crippen molar-refractivity contribution in [1.29, 1.82) is 0 Å². The first-order chi connectivity index (χ1) is 13.4. The summed E-state index contributed by atoms with van der Waals surface area (Å²) in [6.07, 6.45) is 3.37. The third-order valence-electron chi connectivity index (χ3n) is 5.04. The molecular formula is C22H26ClN3O2. The number of hydrogen-bond acceptors (Lipinski definition) is 3. The second kappa shape index (κ2) is 9.22. The molecule has 0 saturated carbocycles. The zero-order valence-corrected chi connectivity index (χ0v) is 17.1. The molecule has 2 aromatic rings. The lowest BCUT2D eigenvalue weighted by Gasteiger charge is -2.20. The summed E-state index contributed by atoms with van der Waals surface area (Å²) in [6.45, 7) is 4.74. The molecule has 0 spiro atoms. The Morgan fingerprint density at radius 2 is 1.71 bits per heavy atom. The largest absolute Gasteiger partial charge is 0.325 e. The Bertz CT molecular complexity index is 882. The number of nitrogens with zero attached hydrogens (tertiary/aromatic N) is 1. The molecule has 0 aromatic heterocycles. The molecule has 0 radical (unpaired) electrons. The van der Waals surface area contributed by atoms with Crippen LogP contribution in [0.15, 0.2) is 36.4 Å². The van der Waals surface area contributed by atoms with Gasteiger partial charge in [0.25, 0.3) is 0 Å². The highest BCUT2D eigenvalue weighted by Crippen LogP contribution is 2.25. The van der Waals surface area contributed by atoms with Crippen molar-refractivity contribution in [3.05, 3.63) is 58.1 Å². The molecule has 1 aliphatic carbocycles. The number of anilines is 2. The molecule has 0 atom stereocenters. The molecule has 5 nitrogen and oxygen atoms in total. The normalized spacial score (nSPS) is 12.7. The van der Waals surface area contributed by atoms with Gasteiger partial charge >= 0.3 is 0 Å². The summed E-state index contributed by atoms with van der Waals surface area (Å²) in [4.78, 5) is 26.6. The number of nitrogens with one attached hydrogen (secondary N) is 2. The van der Waals surface area contributed by atoms with E-state index in [1.807, 2.05) is 26.0 Å². The summed E-state index contributed by atoms with van der Waals surface area (Å²) in [6, 6.07) is 11.5. The van der Waals surface area contributed by atoms with Crippen LogP contribution in [0.3, 0.4) is 0 Å². The number of hydrogen-bond donors (Lipinski definition) is 2. The van der Waals surface area contributed by atoms with Crippen molar-refractivity contribution in [2.24, 2.45) is 0 Å². The molecule has 0 bridgehead atoms. The van der Waals surface area contributed by atoms with Crippen LogP contribution in [0.5, 0.6) is 0 Å². The number of rotatable bonds is 7. The lowest BCUT2D eigenvalue weighted by molar-refractivity contribution is -0.119. The third kappa shape index (κ3) is 5.33. The first-order valence-corrected chi connectivity index (χ1v) is 10.0. The predicted molar refractivity (Wildman–Crippen MR) is 114 cm³/mol. The zero-order chi connectivity index (χ0) is 20.1. The Labute approximate surface area is 171 Å². The Morgan fingerprint density at radius 1 is 1.00 bits per heavy atom. The number of carbonyl (C=O) groups is 2. The number of benzene rings is 2. The maximum Gasteiger partial charge on any atom is 0.238 e. The van der Waals surface area contributed by atoms with Gasteiger partial charge in [0.05, 0.1) is 13.1 Å². The number of halogens is 1. The fourth-order valence-corrected chi connectivity index (χ4v) is 3.63. The molecule has 2 N–H and O–H groups in total. The van der Waals surface area contributed by atoms with E-state index in [4.69, 9.17) is 11.6 Å². The molecule has 0 saturated heterocycles. The standard InChI is InChI=1S/C22H26ClN3O2/c1-3-26(14-22(28)25-20-12-18(23)9-7-15(20)2)13-21(27)24-19-10-8-16-5-4-6-17(16)11-19/h7-12H,3-6,13-14H2,1-2H3,(H,24,27)(H,25,28). The van der Waals surface area contributed by atoms with Gasteiger partial charge in [-0.05, 0) is 73.7 Å². The van der Waals surface area contributed by atoms with Crippen LogP contribution < -0.4 is 10.6 Å². The summed E-state index contributed by atoms with van der Waals surface area (Å²) < 4.78 is 0. The van der Waals surface area contributed by atoms with Gasteiger partial charge in [-0.25, -0.2) is 0 Å². The first kappa shape index (κ1) is 20.4. The van der Waals surface area contributed by atoms with Crippen molar-refractivity contribution in [2.45, 2.75) is 33.1 Å². The fourth-order valence-electron chi connectivity index (χ4n) is 3.45. The van der Waals surface area contributed by atoms with E-state index < -0.39 is 0 Å². The van der Waals surface area contributed by atoms with E-state index in [2.05, 4.69) is 22.8 Å². The van der Waals surface area contributed by atoms with E-state index in [1.165, 1.54) is 17.5 Å². The molecule has 2 aromatic carbocycles. The van der Waals surface area contributed by atoms with Crippen LogP contribution in [0.25, 0.3) is 0 Å². The van der Waals surface area contributed by atoms with Crippen molar-refractivity contribution in [1.82, 2.24) is 4.90 Å². The van der Waals surface area contributed by atoms with Crippen LogP contribution in [0.4, 0.5) is 11.4 Å². The smallest absolute Gasteiger partial charge is 0.238 e. The van der Waals surface area contributed by atoms with Gasteiger partial charge in [0.2, 0.25) is 11.8 Å².